The SMILES string of the molecule is [C-]#[N+]c1cccc(-c2nc(-c3ccccc3)nc(-c3ccc(-n4c5ccccc5c5ccc(-c6cccc7sc8ccccc8c67)cc54)cc3)n2)c1. The van der Waals surface area contributed by atoms with Gasteiger partial charge in [-0.3, -0.25) is 0 Å². The van der Waals surface area contributed by atoms with Gasteiger partial charge < -0.3 is 4.57 Å². The summed E-state index contributed by atoms with van der Waals surface area (Å²) in [6.07, 6.45) is 0. The molecule has 7 aromatic carbocycles. The molecule has 0 unspecified atom stereocenters. The van der Waals surface area contributed by atoms with Gasteiger partial charge in [-0.05, 0) is 65.7 Å². The Labute approximate surface area is 303 Å². The fraction of sp³-hybridized carbons (Fsp3) is 0. The van der Waals surface area contributed by atoms with Crippen molar-refractivity contribution >= 4 is 59.0 Å². The summed E-state index contributed by atoms with van der Waals surface area (Å²) in [6.45, 7) is 7.52. The first-order chi connectivity index (χ1) is 25.7. The molecule has 0 spiro atoms. The fourth-order valence-corrected chi connectivity index (χ4v) is 8.39. The molecule has 6 heteroatoms. The Hall–Kier alpha value is -6.94. The number of nitrogens with zero attached hydrogens (tertiary/aromatic N) is 5. The maximum Gasteiger partial charge on any atom is 0.187 e. The first-order valence-corrected chi connectivity index (χ1v) is 17.9. The predicted molar refractivity (Wildman–Crippen MR) is 215 cm³/mol. The summed E-state index contributed by atoms with van der Waals surface area (Å²) < 4.78 is 4.96. The van der Waals surface area contributed by atoms with Gasteiger partial charge in [0.2, 0.25) is 0 Å². The van der Waals surface area contributed by atoms with Crippen LogP contribution in [0.15, 0.2) is 164 Å². The normalized spacial score (nSPS) is 11.4. The average molecular weight is 682 g/mol. The molecule has 0 aliphatic heterocycles. The maximum absolute atomic E-state index is 7.52. The third kappa shape index (κ3) is 4.95. The van der Waals surface area contributed by atoms with E-state index >= 15 is 0 Å². The molecule has 3 aromatic heterocycles. The van der Waals surface area contributed by atoms with Crippen LogP contribution in [0.25, 0.3) is 97.8 Å². The Bertz CT molecular complexity index is 3020. The van der Waals surface area contributed by atoms with Gasteiger partial charge in [0, 0.05) is 53.3 Å². The summed E-state index contributed by atoms with van der Waals surface area (Å²) >= 11 is 1.85. The van der Waals surface area contributed by atoms with Crippen molar-refractivity contribution in [2.75, 3.05) is 0 Å². The Morgan fingerprint density at radius 1 is 0.462 bits per heavy atom. The summed E-state index contributed by atoms with van der Waals surface area (Å²) in [4.78, 5) is 18.3. The third-order valence-corrected chi connectivity index (χ3v) is 10.8. The lowest BCUT2D eigenvalue weighted by Gasteiger charge is -2.12. The molecule has 3 heterocycles. The van der Waals surface area contributed by atoms with Gasteiger partial charge in [0.1, 0.15) is 0 Å². The van der Waals surface area contributed by atoms with Crippen molar-refractivity contribution in [2.45, 2.75) is 0 Å². The van der Waals surface area contributed by atoms with Gasteiger partial charge in [-0.25, -0.2) is 19.8 Å². The van der Waals surface area contributed by atoms with Gasteiger partial charge >= 0.3 is 0 Å². The van der Waals surface area contributed by atoms with Crippen LogP contribution in [-0.2, 0) is 0 Å². The zero-order valence-electron chi connectivity index (χ0n) is 27.7. The first-order valence-electron chi connectivity index (χ1n) is 17.1. The van der Waals surface area contributed by atoms with Gasteiger partial charge in [-0.1, -0.05) is 109 Å². The lowest BCUT2D eigenvalue weighted by molar-refractivity contribution is 1.07. The van der Waals surface area contributed by atoms with E-state index in [2.05, 4.69) is 119 Å². The molecule has 0 aliphatic rings. The quantitative estimate of drug-likeness (QED) is 0.170. The Morgan fingerprint density at radius 2 is 1.08 bits per heavy atom. The zero-order chi connectivity index (χ0) is 34.6. The van der Waals surface area contributed by atoms with Crippen molar-refractivity contribution in [1.82, 2.24) is 19.5 Å². The molecular weight excluding hydrogens is 655 g/mol. The minimum Gasteiger partial charge on any atom is -0.309 e. The monoisotopic (exact) mass is 681 g/mol. The highest BCUT2D eigenvalue weighted by atomic mass is 32.1. The molecule has 0 aliphatic carbocycles. The van der Waals surface area contributed by atoms with Gasteiger partial charge in [-0.2, -0.15) is 0 Å². The Balaban J connectivity index is 1.12. The van der Waals surface area contributed by atoms with E-state index in [1.54, 1.807) is 6.07 Å². The Kier molecular flexibility index (Phi) is 6.98. The van der Waals surface area contributed by atoms with Crippen LogP contribution in [-0.4, -0.2) is 19.5 Å². The molecule has 0 radical (unpaired) electrons. The molecular formula is C46H27N5S. The molecule has 0 atom stereocenters. The lowest BCUT2D eigenvalue weighted by atomic mass is 9.98. The summed E-state index contributed by atoms with van der Waals surface area (Å²) in [5.74, 6) is 1.69. The van der Waals surface area contributed by atoms with Crippen LogP contribution in [0.3, 0.4) is 0 Å². The number of hydrogen-bond acceptors (Lipinski definition) is 4. The maximum atomic E-state index is 7.52. The minimum atomic E-state index is 0.529. The summed E-state index contributed by atoms with van der Waals surface area (Å²) in [7, 11) is 0. The van der Waals surface area contributed by atoms with Gasteiger partial charge in [0.25, 0.3) is 0 Å². The highest BCUT2D eigenvalue weighted by molar-refractivity contribution is 7.25. The molecule has 10 aromatic rings. The van der Waals surface area contributed by atoms with Crippen molar-refractivity contribution < 1.29 is 0 Å². The summed E-state index contributed by atoms with van der Waals surface area (Å²) in [5, 5.41) is 5.03. The van der Waals surface area contributed by atoms with Crippen LogP contribution in [0.2, 0.25) is 0 Å². The lowest BCUT2D eigenvalue weighted by Crippen LogP contribution is -2.00. The van der Waals surface area contributed by atoms with E-state index in [-0.39, 0.29) is 0 Å². The second-order valence-corrected chi connectivity index (χ2v) is 13.8. The van der Waals surface area contributed by atoms with E-state index in [0.29, 0.717) is 23.2 Å². The molecule has 10 rings (SSSR count). The molecule has 0 amide bonds. The van der Waals surface area contributed by atoms with Crippen molar-refractivity contribution in [3.8, 4) is 51.0 Å². The Morgan fingerprint density at radius 3 is 1.88 bits per heavy atom. The number of aromatic nitrogens is 4. The first kappa shape index (κ1) is 29.9. The van der Waals surface area contributed by atoms with E-state index < -0.39 is 0 Å². The van der Waals surface area contributed by atoms with Gasteiger partial charge in [0.15, 0.2) is 23.2 Å². The van der Waals surface area contributed by atoms with E-state index in [1.807, 2.05) is 59.9 Å². The van der Waals surface area contributed by atoms with Crippen LogP contribution in [0.5, 0.6) is 0 Å². The van der Waals surface area contributed by atoms with E-state index in [4.69, 9.17) is 21.5 Å². The molecule has 52 heavy (non-hydrogen) atoms. The number of benzene rings is 7. The highest BCUT2D eigenvalue weighted by Gasteiger charge is 2.17. The standard InChI is InChI=1S/C46H27N5S/c1-47-33-14-9-13-32(27-33)46-49-44(29-11-3-2-4-12-29)48-45(50-46)30-21-24-34(25-22-30)51-39-18-7-5-15-36(39)37-26-23-31(28-40(37)51)35-17-10-20-42-43(35)38-16-6-8-19-41(38)52-42/h2-28H. The van der Waals surface area contributed by atoms with Crippen molar-refractivity contribution in [2.24, 2.45) is 0 Å². The van der Waals surface area contributed by atoms with Crippen LogP contribution in [0.4, 0.5) is 5.69 Å². The number of thiophene rings is 1. The highest BCUT2D eigenvalue weighted by Crippen LogP contribution is 2.42. The second-order valence-electron chi connectivity index (χ2n) is 12.7. The number of rotatable bonds is 5. The van der Waals surface area contributed by atoms with E-state index in [9.17, 15) is 0 Å². The molecule has 242 valence electrons. The molecule has 0 saturated carbocycles. The van der Waals surface area contributed by atoms with Crippen molar-refractivity contribution in [3.05, 3.63) is 175 Å². The number of para-hydroxylation sites is 1. The minimum absolute atomic E-state index is 0.529. The van der Waals surface area contributed by atoms with Crippen molar-refractivity contribution in [3.63, 3.8) is 0 Å². The second kappa shape index (κ2) is 12.1. The number of hydrogen-bond donors (Lipinski definition) is 0. The topological polar surface area (TPSA) is 48.0 Å². The smallest absolute Gasteiger partial charge is 0.187 e. The van der Waals surface area contributed by atoms with Crippen LogP contribution in [0.1, 0.15) is 0 Å². The molecule has 0 N–H and O–H groups in total. The summed E-state index contributed by atoms with van der Waals surface area (Å²) in [5.41, 5.74) is 8.88. The largest absolute Gasteiger partial charge is 0.309 e. The van der Waals surface area contributed by atoms with Gasteiger partial charge in [-0.15, -0.1) is 11.3 Å². The number of fused-ring (bicyclic) bond motifs is 6. The van der Waals surface area contributed by atoms with Gasteiger partial charge in [0.05, 0.1) is 17.6 Å². The molecule has 5 nitrogen and oxygen atoms in total. The molecule has 0 bridgehead atoms. The predicted octanol–water partition coefficient (Wildman–Crippen LogP) is 12.6. The van der Waals surface area contributed by atoms with E-state index in [0.717, 1.165) is 33.4 Å². The molecule has 0 fully saturated rings. The van der Waals surface area contributed by atoms with Crippen LogP contribution in [0, 0.1) is 6.57 Å². The molecule has 0 saturated heterocycles. The fourth-order valence-electron chi connectivity index (χ4n) is 7.26. The zero-order valence-corrected chi connectivity index (χ0v) is 28.5. The van der Waals surface area contributed by atoms with Crippen LogP contribution >= 0.6 is 11.3 Å². The summed E-state index contributed by atoms with van der Waals surface area (Å²) in [6, 6.07) is 56.6. The van der Waals surface area contributed by atoms with E-state index in [1.165, 1.54) is 42.1 Å². The third-order valence-electron chi connectivity index (χ3n) is 9.67. The average Bonchev–Trinajstić information content (AvgIpc) is 3.77. The van der Waals surface area contributed by atoms with Crippen LogP contribution < -0.4 is 0 Å². The van der Waals surface area contributed by atoms with Crippen molar-refractivity contribution in [1.29, 1.82) is 0 Å².